The van der Waals surface area contributed by atoms with E-state index < -0.39 is 0 Å². The lowest BCUT2D eigenvalue weighted by Crippen LogP contribution is -2.25. The Morgan fingerprint density at radius 2 is 2.00 bits per heavy atom. The molecular formula is C14H18N2O2. The Kier molecular flexibility index (Phi) is 2.74. The van der Waals surface area contributed by atoms with E-state index >= 15 is 0 Å². The molecule has 1 aliphatic carbocycles. The van der Waals surface area contributed by atoms with E-state index in [4.69, 9.17) is 10.2 Å². The van der Waals surface area contributed by atoms with Crippen LogP contribution in [-0.4, -0.2) is 10.6 Å². The van der Waals surface area contributed by atoms with Gasteiger partial charge in [0.25, 0.3) is 0 Å². The van der Waals surface area contributed by atoms with Gasteiger partial charge in [0, 0.05) is 13.1 Å². The molecule has 2 aromatic rings. The first kappa shape index (κ1) is 11.5. The van der Waals surface area contributed by atoms with Crippen molar-refractivity contribution in [1.29, 1.82) is 0 Å². The van der Waals surface area contributed by atoms with Crippen molar-refractivity contribution in [2.45, 2.75) is 37.6 Å². The monoisotopic (exact) mass is 246 g/mol. The van der Waals surface area contributed by atoms with Gasteiger partial charge in [0.05, 0.1) is 5.52 Å². The minimum absolute atomic E-state index is 0.298. The third-order valence-electron chi connectivity index (χ3n) is 4.06. The molecule has 18 heavy (non-hydrogen) atoms. The second-order valence-electron chi connectivity index (χ2n) is 5.27. The zero-order chi connectivity index (χ0) is 12.7. The summed E-state index contributed by atoms with van der Waals surface area (Å²) in [5, 5.41) is 0. The lowest BCUT2D eigenvalue weighted by atomic mass is 9.82. The number of fused-ring (bicyclic) bond motifs is 1. The van der Waals surface area contributed by atoms with Crippen molar-refractivity contribution in [3.05, 3.63) is 34.3 Å². The first-order valence-electron chi connectivity index (χ1n) is 6.50. The highest BCUT2D eigenvalue weighted by molar-refractivity contribution is 5.73. The van der Waals surface area contributed by atoms with Crippen molar-refractivity contribution in [3.8, 4) is 0 Å². The van der Waals surface area contributed by atoms with Gasteiger partial charge in [-0.3, -0.25) is 4.57 Å². The van der Waals surface area contributed by atoms with Crippen molar-refractivity contribution in [2.75, 3.05) is 0 Å². The molecule has 1 heterocycles. The van der Waals surface area contributed by atoms with Gasteiger partial charge in [-0.15, -0.1) is 0 Å². The second kappa shape index (κ2) is 4.28. The first-order valence-corrected chi connectivity index (χ1v) is 6.50. The minimum Gasteiger partial charge on any atom is -0.408 e. The minimum atomic E-state index is -0.298. The Hall–Kier alpha value is -1.55. The highest BCUT2D eigenvalue weighted by Gasteiger charge is 2.20. The van der Waals surface area contributed by atoms with Crippen LogP contribution in [0.25, 0.3) is 11.1 Å². The average molecular weight is 246 g/mol. The van der Waals surface area contributed by atoms with Crippen LogP contribution in [0.3, 0.4) is 0 Å². The Morgan fingerprint density at radius 3 is 2.72 bits per heavy atom. The van der Waals surface area contributed by atoms with E-state index in [-0.39, 0.29) is 5.76 Å². The topological polar surface area (TPSA) is 61.2 Å². The molecule has 0 saturated heterocycles. The summed E-state index contributed by atoms with van der Waals surface area (Å²) >= 11 is 0. The van der Waals surface area contributed by atoms with Gasteiger partial charge in [0.2, 0.25) is 0 Å². The predicted octanol–water partition coefficient (Wildman–Crippen LogP) is 2.12. The highest BCUT2D eigenvalue weighted by Crippen LogP contribution is 2.33. The van der Waals surface area contributed by atoms with Crippen LogP contribution in [0.1, 0.15) is 37.2 Å². The third-order valence-corrected chi connectivity index (χ3v) is 4.06. The molecule has 0 atom stereocenters. The molecule has 0 bridgehead atoms. The molecule has 1 saturated carbocycles. The summed E-state index contributed by atoms with van der Waals surface area (Å²) in [6, 6.07) is 6.43. The van der Waals surface area contributed by atoms with Crippen LogP contribution in [0, 0.1) is 0 Å². The molecular weight excluding hydrogens is 228 g/mol. The molecule has 2 N–H and O–H groups in total. The summed E-state index contributed by atoms with van der Waals surface area (Å²) in [6.07, 6.45) is 4.46. The summed E-state index contributed by atoms with van der Waals surface area (Å²) in [5.74, 6) is 0.270. The van der Waals surface area contributed by atoms with E-state index in [0.717, 1.165) is 31.2 Å². The number of aryl methyl sites for hydroxylation is 1. The number of aromatic nitrogens is 1. The number of nitrogens with two attached hydrogens (primary N) is 1. The van der Waals surface area contributed by atoms with Gasteiger partial charge in [-0.1, -0.05) is 6.07 Å². The maximum Gasteiger partial charge on any atom is 0.419 e. The highest BCUT2D eigenvalue weighted by atomic mass is 16.4. The molecule has 4 nitrogen and oxygen atoms in total. The molecule has 3 rings (SSSR count). The number of oxazole rings is 1. The molecule has 0 amide bonds. The zero-order valence-electron chi connectivity index (χ0n) is 10.6. The fraction of sp³-hybridized carbons (Fsp3) is 0.500. The smallest absolute Gasteiger partial charge is 0.408 e. The van der Waals surface area contributed by atoms with E-state index in [9.17, 15) is 4.79 Å². The second-order valence-corrected chi connectivity index (χ2v) is 5.27. The average Bonchev–Trinajstić information content (AvgIpc) is 2.66. The number of hydrogen-bond acceptors (Lipinski definition) is 3. The van der Waals surface area contributed by atoms with Crippen molar-refractivity contribution >= 4 is 11.1 Å². The van der Waals surface area contributed by atoms with Crippen LogP contribution in [0.15, 0.2) is 27.4 Å². The molecule has 1 fully saturated rings. The summed E-state index contributed by atoms with van der Waals surface area (Å²) in [4.78, 5) is 11.4. The predicted molar refractivity (Wildman–Crippen MR) is 70.6 cm³/mol. The maximum absolute atomic E-state index is 11.4. The van der Waals surface area contributed by atoms with Crippen LogP contribution in [-0.2, 0) is 7.05 Å². The number of rotatable bonds is 1. The van der Waals surface area contributed by atoms with Gasteiger partial charge >= 0.3 is 5.76 Å². The van der Waals surface area contributed by atoms with Gasteiger partial charge in [0.1, 0.15) is 0 Å². The van der Waals surface area contributed by atoms with Crippen LogP contribution in [0.4, 0.5) is 0 Å². The normalized spacial score (nSPS) is 24.6. The maximum atomic E-state index is 11.4. The van der Waals surface area contributed by atoms with E-state index in [1.165, 1.54) is 5.56 Å². The van der Waals surface area contributed by atoms with Crippen molar-refractivity contribution < 1.29 is 4.42 Å². The molecule has 1 aromatic heterocycles. The number of benzene rings is 1. The zero-order valence-corrected chi connectivity index (χ0v) is 10.6. The van der Waals surface area contributed by atoms with Crippen molar-refractivity contribution in [1.82, 2.24) is 4.57 Å². The van der Waals surface area contributed by atoms with Crippen LogP contribution in [0.5, 0.6) is 0 Å². The van der Waals surface area contributed by atoms with Gasteiger partial charge in [-0.2, -0.15) is 0 Å². The summed E-state index contributed by atoms with van der Waals surface area (Å²) in [7, 11) is 1.74. The summed E-state index contributed by atoms with van der Waals surface area (Å²) in [5.41, 5.74) is 8.78. The molecule has 4 heteroatoms. The SMILES string of the molecule is Cn1c(=O)oc2ccc(C3CCC(N)CC3)cc21. The largest absolute Gasteiger partial charge is 0.419 e. The molecule has 96 valence electrons. The van der Waals surface area contributed by atoms with E-state index in [1.807, 2.05) is 6.07 Å². The van der Waals surface area contributed by atoms with E-state index in [2.05, 4.69) is 12.1 Å². The number of hydrogen-bond donors (Lipinski definition) is 1. The van der Waals surface area contributed by atoms with Gasteiger partial charge < -0.3 is 10.2 Å². The molecule has 1 aliphatic rings. The molecule has 1 aromatic carbocycles. The van der Waals surface area contributed by atoms with Crippen LogP contribution >= 0.6 is 0 Å². The molecule has 0 aliphatic heterocycles. The van der Waals surface area contributed by atoms with Crippen molar-refractivity contribution in [2.24, 2.45) is 12.8 Å². The standard InChI is InChI=1S/C14H18N2O2/c1-16-12-8-10(4-7-13(12)18-14(16)17)9-2-5-11(15)6-3-9/h4,7-9,11H,2-3,5-6,15H2,1H3. The summed E-state index contributed by atoms with van der Waals surface area (Å²) in [6.45, 7) is 0. The van der Waals surface area contributed by atoms with Crippen LogP contribution < -0.4 is 11.5 Å². The first-order chi connectivity index (χ1) is 8.65. The Morgan fingerprint density at radius 1 is 1.28 bits per heavy atom. The third kappa shape index (κ3) is 1.86. The van der Waals surface area contributed by atoms with Gasteiger partial charge in [-0.05, 0) is 49.3 Å². The van der Waals surface area contributed by atoms with Gasteiger partial charge in [0.15, 0.2) is 5.58 Å². The fourth-order valence-corrected chi connectivity index (χ4v) is 2.85. The number of nitrogens with zero attached hydrogens (tertiary/aromatic N) is 1. The molecule has 0 unspecified atom stereocenters. The lowest BCUT2D eigenvalue weighted by molar-refractivity contribution is 0.395. The van der Waals surface area contributed by atoms with Crippen molar-refractivity contribution in [3.63, 3.8) is 0 Å². The molecule has 0 spiro atoms. The van der Waals surface area contributed by atoms with Crippen LogP contribution in [0.2, 0.25) is 0 Å². The van der Waals surface area contributed by atoms with E-state index in [1.54, 1.807) is 11.6 Å². The Labute approximate surface area is 105 Å². The Balaban J connectivity index is 1.98. The van der Waals surface area contributed by atoms with Gasteiger partial charge in [-0.25, -0.2) is 4.79 Å². The lowest BCUT2D eigenvalue weighted by Gasteiger charge is -2.26. The Bertz CT molecular complexity index is 618. The summed E-state index contributed by atoms with van der Waals surface area (Å²) < 4.78 is 6.71. The fourth-order valence-electron chi connectivity index (χ4n) is 2.85. The quantitative estimate of drug-likeness (QED) is 0.838. The van der Waals surface area contributed by atoms with E-state index in [0.29, 0.717) is 17.5 Å². The molecule has 0 radical (unpaired) electrons.